The molecular formula is C17H34N2O2. The second-order valence-corrected chi connectivity index (χ2v) is 5.53. The molecule has 3 N–H and O–H groups in total. The maximum Gasteiger partial charge on any atom is 0.320 e. The van der Waals surface area contributed by atoms with E-state index in [0.29, 0.717) is 0 Å². The van der Waals surface area contributed by atoms with Gasteiger partial charge < -0.3 is 15.7 Å². The van der Waals surface area contributed by atoms with Crippen molar-refractivity contribution in [1.29, 1.82) is 0 Å². The van der Waals surface area contributed by atoms with E-state index in [0.717, 1.165) is 6.42 Å². The van der Waals surface area contributed by atoms with Crippen LogP contribution in [0.2, 0.25) is 0 Å². The van der Waals surface area contributed by atoms with Crippen LogP contribution in [0.4, 0.5) is 4.79 Å². The Bertz CT molecular complexity index is 255. The molecular weight excluding hydrogens is 264 g/mol. The van der Waals surface area contributed by atoms with Gasteiger partial charge in [-0.2, -0.15) is 0 Å². The third-order valence-corrected chi connectivity index (χ3v) is 3.55. The van der Waals surface area contributed by atoms with Gasteiger partial charge in [0.1, 0.15) is 6.73 Å². The second kappa shape index (κ2) is 17.0. The molecule has 0 aliphatic rings. The molecule has 4 nitrogen and oxygen atoms in total. The Hall–Kier alpha value is -1.03. The minimum absolute atomic E-state index is 0.335. The maximum atomic E-state index is 10.9. The molecule has 0 unspecified atom stereocenters. The molecule has 0 saturated carbocycles. The monoisotopic (exact) mass is 298 g/mol. The summed E-state index contributed by atoms with van der Waals surface area (Å²) >= 11 is 0. The number of hydrogen-bond donors (Lipinski definition) is 3. The van der Waals surface area contributed by atoms with Crippen molar-refractivity contribution in [3.05, 3.63) is 12.3 Å². The fraction of sp³-hybridized carbons (Fsp3) is 0.824. The van der Waals surface area contributed by atoms with Crippen LogP contribution in [0.3, 0.4) is 0 Å². The first-order chi connectivity index (χ1) is 10.3. The number of nitrogens with one attached hydrogen (secondary N) is 2. The molecule has 0 aromatic heterocycles. The first kappa shape index (κ1) is 20.0. The Labute approximate surface area is 130 Å². The van der Waals surface area contributed by atoms with Gasteiger partial charge >= 0.3 is 6.03 Å². The lowest BCUT2D eigenvalue weighted by Crippen LogP contribution is -2.32. The summed E-state index contributed by atoms with van der Waals surface area (Å²) < 4.78 is 0. The van der Waals surface area contributed by atoms with E-state index in [1.165, 1.54) is 70.6 Å². The van der Waals surface area contributed by atoms with Crippen LogP contribution in [0.15, 0.2) is 12.3 Å². The summed E-state index contributed by atoms with van der Waals surface area (Å²) in [6, 6.07) is -0.368. The van der Waals surface area contributed by atoms with Crippen LogP contribution in [0.1, 0.15) is 84.0 Å². The quantitative estimate of drug-likeness (QED) is 0.328. The number of allylic oxidation sites excluding steroid dienone is 1. The fourth-order valence-corrected chi connectivity index (χ4v) is 2.27. The number of rotatable bonds is 14. The molecule has 0 aliphatic carbocycles. The molecule has 0 saturated heterocycles. The zero-order valence-electron chi connectivity index (χ0n) is 13.7. The van der Waals surface area contributed by atoms with Crippen molar-refractivity contribution in [3.63, 3.8) is 0 Å². The predicted octanol–water partition coefficient (Wildman–Crippen LogP) is 4.45. The Kier molecular flexibility index (Phi) is 16.2. The fourth-order valence-electron chi connectivity index (χ4n) is 2.27. The van der Waals surface area contributed by atoms with Gasteiger partial charge in [-0.15, -0.1) is 0 Å². The normalized spacial score (nSPS) is 11.0. The lowest BCUT2D eigenvalue weighted by molar-refractivity contribution is 0.220. The number of carbonyl (C=O) groups excluding carboxylic acids is 1. The molecule has 0 rings (SSSR count). The van der Waals surface area contributed by atoms with Gasteiger partial charge in [0, 0.05) is 6.20 Å². The summed E-state index contributed by atoms with van der Waals surface area (Å²) in [7, 11) is 0. The average Bonchev–Trinajstić information content (AvgIpc) is 2.48. The number of hydrogen-bond acceptors (Lipinski definition) is 2. The highest BCUT2D eigenvalue weighted by molar-refractivity contribution is 5.74. The van der Waals surface area contributed by atoms with Crippen LogP contribution in [-0.4, -0.2) is 17.9 Å². The average molecular weight is 298 g/mol. The van der Waals surface area contributed by atoms with Gasteiger partial charge in [0.2, 0.25) is 0 Å². The summed E-state index contributed by atoms with van der Waals surface area (Å²) in [6.45, 7) is 1.92. The lowest BCUT2D eigenvalue weighted by atomic mass is 10.1. The molecule has 0 spiro atoms. The third-order valence-electron chi connectivity index (χ3n) is 3.55. The molecule has 0 bridgehead atoms. The summed E-state index contributed by atoms with van der Waals surface area (Å²) in [5.74, 6) is 0. The molecule has 0 fully saturated rings. The summed E-state index contributed by atoms with van der Waals surface area (Å²) in [6.07, 6.45) is 19.4. The van der Waals surface area contributed by atoms with Crippen molar-refractivity contribution < 1.29 is 9.90 Å². The number of urea groups is 1. The highest BCUT2D eigenvalue weighted by Gasteiger charge is 1.93. The van der Waals surface area contributed by atoms with Crippen molar-refractivity contribution in [1.82, 2.24) is 10.6 Å². The minimum atomic E-state index is -0.368. The molecule has 0 aromatic rings. The van der Waals surface area contributed by atoms with E-state index in [-0.39, 0.29) is 12.8 Å². The van der Waals surface area contributed by atoms with E-state index in [4.69, 9.17) is 5.11 Å². The van der Waals surface area contributed by atoms with Gasteiger partial charge in [0.15, 0.2) is 0 Å². The van der Waals surface area contributed by atoms with Gasteiger partial charge in [0.05, 0.1) is 0 Å². The second-order valence-electron chi connectivity index (χ2n) is 5.53. The Morgan fingerprint density at radius 3 is 1.95 bits per heavy atom. The molecule has 0 aliphatic heterocycles. The number of amides is 2. The lowest BCUT2D eigenvalue weighted by Gasteiger charge is -2.02. The van der Waals surface area contributed by atoms with Crippen LogP contribution in [0.25, 0.3) is 0 Å². The molecule has 0 atom stereocenters. The van der Waals surface area contributed by atoms with E-state index in [9.17, 15) is 4.79 Å². The van der Waals surface area contributed by atoms with Gasteiger partial charge in [-0.3, -0.25) is 0 Å². The Balaban J connectivity index is 3.12. The third kappa shape index (κ3) is 16.9. The number of carbonyl (C=O) groups is 1. The summed E-state index contributed by atoms with van der Waals surface area (Å²) in [4.78, 5) is 10.9. The van der Waals surface area contributed by atoms with Gasteiger partial charge in [-0.05, 0) is 12.8 Å². The SMILES string of the molecule is CCCCCCCCCCCCC/C=C/NC(=O)NCO. The largest absolute Gasteiger partial charge is 0.376 e. The van der Waals surface area contributed by atoms with E-state index in [2.05, 4.69) is 17.6 Å². The topological polar surface area (TPSA) is 61.4 Å². The highest BCUT2D eigenvalue weighted by atomic mass is 16.3. The van der Waals surface area contributed by atoms with E-state index in [1.807, 2.05) is 6.08 Å². The Morgan fingerprint density at radius 1 is 0.905 bits per heavy atom. The van der Waals surface area contributed by atoms with Gasteiger partial charge in [-0.1, -0.05) is 77.2 Å². The van der Waals surface area contributed by atoms with Crippen molar-refractivity contribution in [2.45, 2.75) is 84.0 Å². The van der Waals surface area contributed by atoms with Crippen LogP contribution < -0.4 is 10.6 Å². The van der Waals surface area contributed by atoms with Crippen molar-refractivity contribution >= 4 is 6.03 Å². The first-order valence-corrected chi connectivity index (χ1v) is 8.61. The number of aliphatic hydroxyl groups is 1. The zero-order valence-corrected chi connectivity index (χ0v) is 13.7. The van der Waals surface area contributed by atoms with Gasteiger partial charge in [0.25, 0.3) is 0 Å². The molecule has 21 heavy (non-hydrogen) atoms. The smallest absolute Gasteiger partial charge is 0.320 e. The molecule has 0 radical (unpaired) electrons. The highest BCUT2D eigenvalue weighted by Crippen LogP contribution is 2.11. The number of aliphatic hydroxyl groups excluding tert-OH is 1. The molecule has 124 valence electrons. The number of unbranched alkanes of at least 4 members (excludes halogenated alkanes) is 11. The molecule has 0 aromatic carbocycles. The predicted molar refractivity (Wildman–Crippen MR) is 89.0 cm³/mol. The van der Waals surface area contributed by atoms with E-state index < -0.39 is 0 Å². The van der Waals surface area contributed by atoms with Crippen LogP contribution in [-0.2, 0) is 0 Å². The standard InChI is InChI=1S/C17H34N2O2/c1-2-3-4-5-6-7-8-9-10-11-12-13-14-15-18-17(21)19-16-20/h14-15,20H,2-13,16H2,1H3,(H2,18,19,21)/b15-14+. The van der Waals surface area contributed by atoms with Crippen LogP contribution in [0.5, 0.6) is 0 Å². The van der Waals surface area contributed by atoms with Gasteiger partial charge in [-0.25, -0.2) is 4.79 Å². The van der Waals surface area contributed by atoms with E-state index in [1.54, 1.807) is 6.20 Å². The molecule has 0 heterocycles. The van der Waals surface area contributed by atoms with E-state index >= 15 is 0 Å². The first-order valence-electron chi connectivity index (χ1n) is 8.61. The Morgan fingerprint density at radius 2 is 1.43 bits per heavy atom. The molecule has 4 heteroatoms. The van der Waals surface area contributed by atoms with Crippen LogP contribution >= 0.6 is 0 Å². The maximum absolute atomic E-state index is 10.9. The summed E-state index contributed by atoms with van der Waals surface area (Å²) in [5.41, 5.74) is 0. The molecule has 2 amide bonds. The minimum Gasteiger partial charge on any atom is -0.376 e. The van der Waals surface area contributed by atoms with Crippen molar-refractivity contribution in [3.8, 4) is 0 Å². The van der Waals surface area contributed by atoms with Crippen LogP contribution in [0, 0.1) is 0 Å². The zero-order chi connectivity index (χ0) is 15.6. The summed E-state index contributed by atoms with van der Waals surface area (Å²) in [5, 5.41) is 13.2. The van der Waals surface area contributed by atoms with Crippen molar-refractivity contribution in [2.24, 2.45) is 0 Å². The van der Waals surface area contributed by atoms with Crippen molar-refractivity contribution in [2.75, 3.05) is 6.73 Å².